The van der Waals surface area contributed by atoms with Crippen molar-refractivity contribution in [3.05, 3.63) is 40.7 Å². The van der Waals surface area contributed by atoms with E-state index in [9.17, 15) is 4.39 Å². The zero-order chi connectivity index (χ0) is 12.5. The smallest absolute Gasteiger partial charge is 0.126 e. The molecule has 1 saturated carbocycles. The maximum Gasteiger partial charge on any atom is 0.126 e. The molecule has 0 radical (unpaired) electrons. The fraction of sp³-hybridized carbons (Fsp3) is 0.357. The van der Waals surface area contributed by atoms with Crippen LogP contribution in [0.2, 0.25) is 0 Å². The summed E-state index contributed by atoms with van der Waals surface area (Å²) in [6, 6.07) is 5.99. The van der Waals surface area contributed by atoms with Crippen LogP contribution in [0.15, 0.2) is 24.4 Å². The average Bonchev–Trinajstić information content (AvgIpc) is 3.08. The van der Waals surface area contributed by atoms with Gasteiger partial charge in [-0.15, -0.1) is 11.3 Å². The Bertz CT molecular complexity index is 561. The number of rotatable bonds is 4. The number of nitrogens with zero attached hydrogens (tertiary/aromatic N) is 1. The van der Waals surface area contributed by atoms with Crippen LogP contribution in [0.5, 0.6) is 0 Å². The Balaban J connectivity index is 1.76. The molecule has 94 valence electrons. The lowest BCUT2D eigenvalue weighted by molar-refractivity contribution is 0.619. The van der Waals surface area contributed by atoms with Gasteiger partial charge in [-0.05, 0) is 31.4 Å². The standard InChI is InChI=1S/C14H15FN2S/c1-9-2-3-10(6-13(9)15)14-17-8-12(18-14)7-16-11-4-5-11/h2-3,6,8,11,16H,4-5,7H2,1H3. The normalized spacial score (nSPS) is 15.0. The Labute approximate surface area is 110 Å². The highest BCUT2D eigenvalue weighted by molar-refractivity contribution is 7.15. The summed E-state index contributed by atoms with van der Waals surface area (Å²) in [5.74, 6) is -0.166. The van der Waals surface area contributed by atoms with Gasteiger partial charge >= 0.3 is 0 Å². The Morgan fingerprint density at radius 3 is 3.00 bits per heavy atom. The first-order valence-electron chi connectivity index (χ1n) is 6.17. The third-order valence-corrected chi connectivity index (χ3v) is 4.16. The van der Waals surface area contributed by atoms with Gasteiger partial charge in [-0.25, -0.2) is 9.37 Å². The summed E-state index contributed by atoms with van der Waals surface area (Å²) in [4.78, 5) is 5.57. The molecule has 0 unspecified atom stereocenters. The molecule has 1 aromatic carbocycles. The van der Waals surface area contributed by atoms with Crippen LogP contribution in [-0.2, 0) is 6.54 Å². The molecular weight excluding hydrogens is 247 g/mol. The predicted molar refractivity (Wildman–Crippen MR) is 72.1 cm³/mol. The van der Waals surface area contributed by atoms with E-state index in [1.54, 1.807) is 30.4 Å². The van der Waals surface area contributed by atoms with E-state index >= 15 is 0 Å². The van der Waals surface area contributed by atoms with Gasteiger partial charge in [-0.1, -0.05) is 12.1 Å². The largest absolute Gasteiger partial charge is 0.309 e. The topological polar surface area (TPSA) is 24.9 Å². The number of benzene rings is 1. The van der Waals surface area contributed by atoms with E-state index in [-0.39, 0.29) is 5.82 Å². The molecular formula is C14H15FN2S. The van der Waals surface area contributed by atoms with Crippen LogP contribution >= 0.6 is 11.3 Å². The molecule has 1 aromatic heterocycles. The maximum absolute atomic E-state index is 13.5. The van der Waals surface area contributed by atoms with E-state index in [4.69, 9.17) is 0 Å². The summed E-state index contributed by atoms with van der Waals surface area (Å²) in [5.41, 5.74) is 1.53. The van der Waals surface area contributed by atoms with Crippen molar-refractivity contribution in [1.29, 1.82) is 0 Å². The molecule has 0 aliphatic heterocycles. The Morgan fingerprint density at radius 1 is 1.44 bits per heavy atom. The molecule has 0 saturated heterocycles. The van der Waals surface area contributed by atoms with E-state index in [1.807, 2.05) is 12.3 Å². The first-order valence-corrected chi connectivity index (χ1v) is 6.98. The molecule has 0 atom stereocenters. The second kappa shape index (κ2) is 4.78. The lowest BCUT2D eigenvalue weighted by atomic mass is 10.1. The zero-order valence-electron chi connectivity index (χ0n) is 10.2. The molecule has 0 bridgehead atoms. The SMILES string of the molecule is Cc1ccc(-c2ncc(CNC3CC3)s2)cc1F. The van der Waals surface area contributed by atoms with Gasteiger partial charge in [-0.3, -0.25) is 0 Å². The summed E-state index contributed by atoms with van der Waals surface area (Å²) in [6.45, 7) is 2.64. The third kappa shape index (κ3) is 2.60. The van der Waals surface area contributed by atoms with Crippen molar-refractivity contribution in [1.82, 2.24) is 10.3 Å². The van der Waals surface area contributed by atoms with E-state index in [0.29, 0.717) is 11.6 Å². The fourth-order valence-electron chi connectivity index (χ4n) is 1.78. The van der Waals surface area contributed by atoms with Crippen molar-refractivity contribution in [2.24, 2.45) is 0 Å². The van der Waals surface area contributed by atoms with Gasteiger partial charge in [0.1, 0.15) is 10.8 Å². The maximum atomic E-state index is 13.5. The number of nitrogens with one attached hydrogen (secondary N) is 1. The van der Waals surface area contributed by atoms with Crippen LogP contribution < -0.4 is 5.32 Å². The van der Waals surface area contributed by atoms with Crippen LogP contribution in [0.1, 0.15) is 23.3 Å². The molecule has 0 amide bonds. The van der Waals surface area contributed by atoms with Gasteiger partial charge < -0.3 is 5.32 Å². The predicted octanol–water partition coefficient (Wildman–Crippen LogP) is 3.51. The molecule has 1 aliphatic rings. The fourth-order valence-corrected chi connectivity index (χ4v) is 2.64. The molecule has 0 spiro atoms. The van der Waals surface area contributed by atoms with Gasteiger partial charge in [0, 0.05) is 29.2 Å². The zero-order valence-corrected chi connectivity index (χ0v) is 11.1. The molecule has 4 heteroatoms. The number of thiazole rings is 1. The highest BCUT2D eigenvalue weighted by atomic mass is 32.1. The number of halogens is 1. The summed E-state index contributed by atoms with van der Waals surface area (Å²) in [5, 5.41) is 4.34. The average molecular weight is 262 g/mol. The minimum atomic E-state index is -0.166. The number of aromatic nitrogens is 1. The lowest BCUT2D eigenvalue weighted by Gasteiger charge is -1.99. The van der Waals surface area contributed by atoms with E-state index in [2.05, 4.69) is 10.3 Å². The first kappa shape index (κ1) is 11.8. The Morgan fingerprint density at radius 2 is 2.28 bits per heavy atom. The van der Waals surface area contributed by atoms with E-state index < -0.39 is 0 Å². The minimum Gasteiger partial charge on any atom is -0.309 e. The van der Waals surface area contributed by atoms with Crippen molar-refractivity contribution in [2.45, 2.75) is 32.4 Å². The van der Waals surface area contributed by atoms with Crippen LogP contribution in [0.3, 0.4) is 0 Å². The number of hydrogen-bond acceptors (Lipinski definition) is 3. The van der Waals surface area contributed by atoms with E-state index in [0.717, 1.165) is 17.1 Å². The van der Waals surface area contributed by atoms with Gasteiger partial charge in [-0.2, -0.15) is 0 Å². The molecule has 2 nitrogen and oxygen atoms in total. The van der Waals surface area contributed by atoms with Gasteiger partial charge in [0.2, 0.25) is 0 Å². The van der Waals surface area contributed by atoms with Crippen LogP contribution in [-0.4, -0.2) is 11.0 Å². The number of aryl methyl sites for hydroxylation is 1. The molecule has 2 aromatic rings. The highest BCUT2D eigenvalue weighted by Gasteiger charge is 2.20. The molecule has 1 aliphatic carbocycles. The summed E-state index contributed by atoms with van der Waals surface area (Å²) >= 11 is 1.63. The number of hydrogen-bond donors (Lipinski definition) is 1. The van der Waals surface area contributed by atoms with Crippen LogP contribution in [0.25, 0.3) is 10.6 Å². The first-order chi connectivity index (χ1) is 8.72. The van der Waals surface area contributed by atoms with Gasteiger partial charge in [0.25, 0.3) is 0 Å². The van der Waals surface area contributed by atoms with E-state index in [1.165, 1.54) is 17.7 Å². The van der Waals surface area contributed by atoms with Crippen molar-refractivity contribution in [3.8, 4) is 10.6 Å². The van der Waals surface area contributed by atoms with Crippen molar-refractivity contribution in [2.75, 3.05) is 0 Å². The Kier molecular flexibility index (Phi) is 3.14. The summed E-state index contributed by atoms with van der Waals surface area (Å²) in [6.07, 6.45) is 4.46. The molecule has 3 rings (SSSR count). The van der Waals surface area contributed by atoms with Crippen molar-refractivity contribution < 1.29 is 4.39 Å². The Hall–Kier alpha value is -1.26. The second-order valence-corrected chi connectivity index (χ2v) is 5.87. The summed E-state index contributed by atoms with van der Waals surface area (Å²) in [7, 11) is 0. The molecule has 1 heterocycles. The molecule has 18 heavy (non-hydrogen) atoms. The quantitative estimate of drug-likeness (QED) is 0.912. The minimum absolute atomic E-state index is 0.166. The van der Waals surface area contributed by atoms with Crippen molar-refractivity contribution >= 4 is 11.3 Å². The van der Waals surface area contributed by atoms with Crippen LogP contribution in [0.4, 0.5) is 4.39 Å². The lowest BCUT2D eigenvalue weighted by Crippen LogP contribution is -2.14. The van der Waals surface area contributed by atoms with Crippen LogP contribution in [0, 0.1) is 12.7 Å². The third-order valence-electron chi connectivity index (χ3n) is 3.11. The van der Waals surface area contributed by atoms with Gasteiger partial charge in [0.05, 0.1) is 0 Å². The second-order valence-electron chi connectivity index (χ2n) is 4.75. The monoisotopic (exact) mass is 262 g/mol. The van der Waals surface area contributed by atoms with Crippen molar-refractivity contribution in [3.63, 3.8) is 0 Å². The summed E-state index contributed by atoms with van der Waals surface area (Å²) < 4.78 is 13.5. The molecule has 1 N–H and O–H groups in total. The van der Waals surface area contributed by atoms with Gasteiger partial charge in [0.15, 0.2) is 0 Å². The molecule has 1 fully saturated rings. The highest BCUT2D eigenvalue weighted by Crippen LogP contribution is 2.27.